The number of likely N-dealkylation sites (tertiary alicyclic amines) is 2. The van der Waals surface area contributed by atoms with Gasteiger partial charge in [-0.25, -0.2) is 9.97 Å². The molecular weight excluding hydrogens is 338 g/mol. The number of hydrogen-bond donors (Lipinski definition) is 0. The van der Waals surface area contributed by atoms with Gasteiger partial charge >= 0.3 is 0 Å². The quantitative estimate of drug-likeness (QED) is 0.834. The number of carbonyl (C=O) groups excluding carboxylic acids is 2. The lowest BCUT2D eigenvalue weighted by atomic mass is 9.96. The fraction of sp³-hybridized carbons (Fsp3) is 0.471. The molecule has 0 aromatic carbocycles. The molecule has 2 aliphatic rings. The molecule has 25 heavy (non-hydrogen) atoms. The normalized spacial score (nSPS) is 23.0. The number of hydrogen-bond acceptors (Lipinski definition) is 6. The molecule has 2 amide bonds. The van der Waals surface area contributed by atoms with Gasteiger partial charge in [0.05, 0.1) is 35.5 Å². The average Bonchev–Trinajstić information content (AvgIpc) is 3.24. The van der Waals surface area contributed by atoms with Crippen LogP contribution in [0.15, 0.2) is 24.0 Å². The van der Waals surface area contributed by atoms with Gasteiger partial charge in [-0.15, -0.1) is 11.3 Å². The van der Waals surface area contributed by atoms with Gasteiger partial charge in [-0.1, -0.05) is 0 Å². The van der Waals surface area contributed by atoms with Crippen molar-refractivity contribution in [3.05, 3.63) is 40.4 Å². The molecule has 130 valence electrons. The molecule has 2 fully saturated rings. The molecule has 4 heterocycles. The molecule has 0 N–H and O–H groups in total. The summed E-state index contributed by atoms with van der Waals surface area (Å²) in [5.74, 6) is 0.0557. The smallest absolute Gasteiger partial charge is 0.274 e. The summed E-state index contributed by atoms with van der Waals surface area (Å²) in [6.45, 7) is 3.13. The minimum absolute atomic E-state index is 0.0481. The number of aromatic nitrogens is 3. The zero-order chi connectivity index (χ0) is 17.4. The highest BCUT2D eigenvalue weighted by Crippen LogP contribution is 2.33. The summed E-state index contributed by atoms with van der Waals surface area (Å²) in [6.07, 6.45) is 6.56. The molecule has 2 aromatic rings. The van der Waals surface area contributed by atoms with E-state index in [1.54, 1.807) is 17.5 Å². The Bertz CT molecular complexity index is 793. The molecule has 0 spiro atoms. The summed E-state index contributed by atoms with van der Waals surface area (Å²) in [5.41, 5.74) is 1.29. The van der Waals surface area contributed by atoms with Gasteiger partial charge in [-0.3, -0.25) is 14.6 Å². The number of rotatable bonds is 3. The second kappa shape index (κ2) is 6.51. The molecule has 0 radical (unpaired) electrons. The molecule has 2 aromatic heterocycles. The van der Waals surface area contributed by atoms with E-state index in [9.17, 15) is 9.59 Å². The van der Waals surface area contributed by atoms with Crippen LogP contribution in [0.5, 0.6) is 0 Å². The first-order chi connectivity index (χ1) is 12.1. The summed E-state index contributed by atoms with van der Waals surface area (Å²) in [4.78, 5) is 41.6. The van der Waals surface area contributed by atoms with Crippen molar-refractivity contribution in [2.45, 2.75) is 44.8 Å². The maximum absolute atomic E-state index is 12.8. The Kier molecular flexibility index (Phi) is 4.20. The molecule has 0 saturated carbocycles. The molecular formula is C17H19N5O2S. The zero-order valence-electron chi connectivity index (χ0n) is 14.0. The highest BCUT2D eigenvalue weighted by molar-refractivity contribution is 7.09. The van der Waals surface area contributed by atoms with Gasteiger partial charge in [0.15, 0.2) is 0 Å². The van der Waals surface area contributed by atoms with E-state index in [0.717, 1.165) is 17.1 Å². The largest absolute Gasteiger partial charge is 0.332 e. The second-order valence-corrected chi connectivity index (χ2v) is 7.49. The van der Waals surface area contributed by atoms with E-state index >= 15 is 0 Å². The Morgan fingerprint density at radius 2 is 2.20 bits per heavy atom. The van der Waals surface area contributed by atoms with Crippen molar-refractivity contribution in [1.29, 1.82) is 0 Å². The van der Waals surface area contributed by atoms with Crippen molar-refractivity contribution in [2.24, 2.45) is 0 Å². The highest BCUT2D eigenvalue weighted by atomic mass is 32.1. The molecule has 2 aliphatic heterocycles. The SMILES string of the molecule is Cc1nc(CN2C(=O)CC[C@@H]3[C@H]2CCN3C(=O)c2cnccn2)cs1. The van der Waals surface area contributed by atoms with Crippen LogP contribution in [0.4, 0.5) is 0 Å². The third kappa shape index (κ3) is 3.02. The van der Waals surface area contributed by atoms with Crippen molar-refractivity contribution < 1.29 is 9.59 Å². The monoisotopic (exact) mass is 357 g/mol. The van der Waals surface area contributed by atoms with E-state index < -0.39 is 0 Å². The molecule has 7 nitrogen and oxygen atoms in total. The van der Waals surface area contributed by atoms with E-state index in [1.807, 2.05) is 22.1 Å². The molecule has 8 heteroatoms. The van der Waals surface area contributed by atoms with Crippen molar-refractivity contribution in [1.82, 2.24) is 24.8 Å². The van der Waals surface area contributed by atoms with Gasteiger partial charge < -0.3 is 9.80 Å². The number of aryl methyl sites for hydroxylation is 1. The summed E-state index contributed by atoms with van der Waals surface area (Å²) >= 11 is 1.59. The highest BCUT2D eigenvalue weighted by Gasteiger charge is 2.45. The molecule has 0 unspecified atom stereocenters. The summed E-state index contributed by atoms with van der Waals surface area (Å²) in [6, 6.07) is 0.107. The summed E-state index contributed by atoms with van der Waals surface area (Å²) in [5, 5.41) is 3.01. The number of carbonyl (C=O) groups is 2. The van der Waals surface area contributed by atoms with Crippen LogP contribution in [0.2, 0.25) is 0 Å². The van der Waals surface area contributed by atoms with E-state index in [0.29, 0.717) is 31.6 Å². The van der Waals surface area contributed by atoms with Crippen LogP contribution >= 0.6 is 11.3 Å². The Morgan fingerprint density at radius 1 is 1.32 bits per heavy atom. The average molecular weight is 357 g/mol. The van der Waals surface area contributed by atoms with E-state index in [1.165, 1.54) is 12.4 Å². The maximum atomic E-state index is 12.8. The van der Waals surface area contributed by atoms with Crippen LogP contribution < -0.4 is 0 Å². The van der Waals surface area contributed by atoms with Crippen molar-refractivity contribution >= 4 is 23.2 Å². The topological polar surface area (TPSA) is 79.3 Å². The predicted molar refractivity (Wildman–Crippen MR) is 91.9 cm³/mol. The van der Waals surface area contributed by atoms with Crippen LogP contribution in [0, 0.1) is 6.92 Å². The van der Waals surface area contributed by atoms with Crippen LogP contribution in [0.25, 0.3) is 0 Å². The molecule has 2 saturated heterocycles. The maximum Gasteiger partial charge on any atom is 0.274 e. The lowest BCUT2D eigenvalue weighted by Crippen LogP contribution is -2.52. The fourth-order valence-electron chi connectivity index (χ4n) is 3.82. The van der Waals surface area contributed by atoms with E-state index in [2.05, 4.69) is 15.0 Å². The lowest BCUT2D eigenvalue weighted by Gasteiger charge is -2.39. The number of amides is 2. The first-order valence-corrected chi connectivity index (χ1v) is 9.29. The molecule has 0 aliphatic carbocycles. The summed E-state index contributed by atoms with van der Waals surface area (Å²) in [7, 11) is 0. The minimum atomic E-state index is -0.0978. The standard InChI is InChI=1S/C17H19N5O2S/c1-11-20-12(10-25-11)9-22-15-4-7-21(14(15)2-3-16(22)23)17(24)13-8-18-5-6-19-13/h5-6,8,10,14-15H,2-4,7,9H2,1H3/t14-,15-/m1/s1. The Hall–Kier alpha value is -2.35. The lowest BCUT2D eigenvalue weighted by molar-refractivity contribution is -0.138. The number of nitrogens with zero attached hydrogens (tertiary/aromatic N) is 5. The first-order valence-electron chi connectivity index (χ1n) is 8.41. The Labute approximate surface area is 149 Å². The van der Waals surface area contributed by atoms with Gasteiger partial charge in [-0.05, 0) is 19.8 Å². The van der Waals surface area contributed by atoms with Gasteiger partial charge in [0.2, 0.25) is 5.91 Å². The molecule has 0 bridgehead atoms. The van der Waals surface area contributed by atoms with Gasteiger partial charge in [0.25, 0.3) is 5.91 Å². The third-order valence-corrected chi connectivity index (χ3v) is 5.75. The van der Waals surface area contributed by atoms with Crippen molar-refractivity contribution in [3.8, 4) is 0 Å². The van der Waals surface area contributed by atoms with Crippen LogP contribution in [0.3, 0.4) is 0 Å². The van der Waals surface area contributed by atoms with Gasteiger partial charge in [0.1, 0.15) is 5.69 Å². The van der Waals surface area contributed by atoms with Gasteiger partial charge in [-0.2, -0.15) is 0 Å². The molecule has 4 rings (SSSR count). The number of piperidine rings is 1. The third-order valence-electron chi connectivity index (χ3n) is 4.93. The minimum Gasteiger partial charge on any atom is -0.332 e. The first kappa shape index (κ1) is 16.1. The number of thiazole rings is 1. The Morgan fingerprint density at radius 3 is 2.92 bits per heavy atom. The van der Waals surface area contributed by atoms with Gasteiger partial charge in [0, 0.05) is 30.7 Å². The van der Waals surface area contributed by atoms with E-state index in [-0.39, 0.29) is 23.9 Å². The van der Waals surface area contributed by atoms with Crippen molar-refractivity contribution in [2.75, 3.05) is 6.54 Å². The molecule has 2 atom stereocenters. The summed E-state index contributed by atoms with van der Waals surface area (Å²) < 4.78 is 0. The fourth-order valence-corrected chi connectivity index (χ4v) is 4.42. The van der Waals surface area contributed by atoms with Crippen molar-refractivity contribution in [3.63, 3.8) is 0 Å². The zero-order valence-corrected chi connectivity index (χ0v) is 14.8. The predicted octanol–water partition coefficient (Wildman–Crippen LogP) is 1.65. The van der Waals surface area contributed by atoms with Crippen LogP contribution in [-0.4, -0.2) is 55.2 Å². The van der Waals surface area contributed by atoms with Crippen LogP contribution in [-0.2, 0) is 11.3 Å². The second-order valence-electron chi connectivity index (χ2n) is 6.43. The van der Waals surface area contributed by atoms with Crippen LogP contribution in [0.1, 0.15) is 40.5 Å². The Balaban J connectivity index is 1.53. The number of fused-ring (bicyclic) bond motifs is 1. The van der Waals surface area contributed by atoms with E-state index in [4.69, 9.17) is 0 Å².